The Hall–Kier alpha value is -1.06. The molecule has 1 heterocycles. The Bertz CT molecular complexity index is 377. The SMILES string of the molecule is CCC1CCC(C)N1C(=O)C1C(C(=O)O)C1(C)C. The van der Waals surface area contributed by atoms with E-state index in [-0.39, 0.29) is 23.3 Å². The van der Waals surface area contributed by atoms with Gasteiger partial charge in [-0.15, -0.1) is 0 Å². The van der Waals surface area contributed by atoms with Crippen LogP contribution in [0.1, 0.15) is 47.0 Å². The summed E-state index contributed by atoms with van der Waals surface area (Å²) >= 11 is 0. The molecule has 102 valence electrons. The largest absolute Gasteiger partial charge is 0.481 e. The van der Waals surface area contributed by atoms with Gasteiger partial charge in [-0.3, -0.25) is 9.59 Å². The summed E-state index contributed by atoms with van der Waals surface area (Å²) in [7, 11) is 0. The fraction of sp³-hybridized carbons (Fsp3) is 0.857. The number of rotatable bonds is 3. The Labute approximate surface area is 108 Å². The number of hydrogen-bond acceptors (Lipinski definition) is 2. The molecule has 0 aromatic rings. The first-order chi connectivity index (χ1) is 8.32. The van der Waals surface area contributed by atoms with E-state index in [1.54, 1.807) is 0 Å². The van der Waals surface area contributed by atoms with Gasteiger partial charge in [0, 0.05) is 12.1 Å². The number of aliphatic carboxylic acids is 1. The van der Waals surface area contributed by atoms with Crippen molar-refractivity contribution in [3.8, 4) is 0 Å². The van der Waals surface area contributed by atoms with E-state index in [9.17, 15) is 9.59 Å². The van der Waals surface area contributed by atoms with E-state index in [1.807, 2.05) is 18.7 Å². The summed E-state index contributed by atoms with van der Waals surface area (Å²) in [4.78, 5) is 25.7. The normalized spacial score (nSPS) is 37.7. The topological polar surface area (TPSA) is 57.6 Å². The molecule has 1 N–H and O–H groups in total. The summed E-state index contributed by atoms with van der Waals surface area (Å²) < 4.78 is 0. The van der Waals surface area contributed by atoms with Crippen molar-refractivity contribution < 1.29 is 14.7 Å². The highest BCUT2D eigenvalue weighted by Gasteiger charge is 2.67. The average Bonchev–Trinajstić information content (AvgIpc) is 2.66. The number of likely N-dealkylation sites (tertiary alicyclic amines) is 1. The van der Waals surface area contributed by atoms with Crippen molar-refractivity contribution in [3.63, 3.8) is 0 Å². The van der Waals surface area contributed by atoms with Gasteiger partial charge in [0.1, 0.15) is 0 Å². The molecule has 1 amide bonds. The molecule has 4 unspecified atom stereocenters. The number of hydrogen-bond donors (Lipinski definition) is 1. The third-order valence-electron chi connectivity index (χ3n) is 4.87. The lowest BCUT2D eigenvalue weighted by Gasteiger charge is -2.28. The van der Waals surface area contributed by atoms with Crippen LogP contribution in [0.4, 0.5) is 0 Å². The lowest BCUT2D eigenvalue weighted by molar-refractivity contribution is -0.143. The highest BCUT2D eigenvalue weighted by atomic mass is 16.4. The van der Waals surface area contributed by atoms with Crippen LogP contribution in [0.15, 0.2) is 0 Å². The van der Waals surface area contributed by atoms with Crippen LogP contribution in [-0.2, 0) is 9.59 Å². The molecule has 0 bridgehead atoms. The van der Waals surface area contributed by atoms with Gasteiger partial charge in [-0.1, -0.05) is 20.8 Å². The molecule has 1 aliphatic carbocycles. The predicted octanol–water partition coefficient (Wildman–Crippen LogP) is 2.13. The molecule has 0 aromatic heterocycles. The maximum absolute atomic E-state index is 12.6. The fourth-order valence-corrected chi connectivity index (χ4v) is 3.59. The molecule has 0 aromatic carbocycles. The summed E-state index contributed by atoms with van der Waals surface area (Å²) in [5.41, 5.74) is -0.385. The lowest BCUT2D eigenvalue weighted by atomic mass is 10.1. The molecule has 18 heavy (non-hydrogen) atoms. The molecular formula is C14H23NO3. The fourth-order valence-electron chi connectivity index (χ4n) is 3.59. The van der Waals surface area contributed by atoms with Gasteiger partial charge in [0.05, 0.1) is 11.8 Å². The molecule has 2 aliphatic rings. The van der Waals surface area contributed by atoms with E-state index in [1.165, 1.54) is 0 Å². The van der Waals surface area contributed by atoms with Crippen molar-refractivity contribution in [2.45, 2.75) is 59.0 Å². The van der Waals surface area contributed by atoms with E-state index < -0.39 is 11.9 Å². The van der Waals surface area contributed by atoms with Gasteiger partial charge >= 0.3 is 5.97 Å². The summed E-state index contributed by atoms with van der Waals surface area (Å²) in [6.07, 6.45) is 3.05. The standard InChI is InChI=1S/C14H23NO3/c1-5-9-7-6-8(2)15(9)12(16)10-11(13(17)18)14(10,3)4/h8-11H,5-7H2,1-4H3,(H,17,18). The van der Waals surface area contributed by atoms with E-state index in [4.69, 9.17) is 5.11 Å². The predicted molar refractivity (Wildman–Crippen MR) is 68.0 cm³/mol. The summed E-state index contributed by atoms with van der Waals surface area (Å²) in [6, 6.07) is 0.562. The number of amides is 1. The summed E-state index contributed by atoms with van der Waals surface area (Å²) in [5.74, 6) is -1.61. The molecule has 2 fully saturated rings. The molecule has 0 radical (unpaired) electrons. The van der Waals surface area contributed by atoms with Gasteiger partial charge in [0.15, 0.2) is 0 Å². The molecular weight excluding hydrogens is 230 g/mol. The second-order valence-electron chi connectivity index (χ2n) is 6.35. The summed E-state index contributed by atoms with van der Waals surface area (Å²) in [6.45, 7) is 7.93. The van der Waals surface area contributed by atoms with Crippen LogP contribution in [0.3, 0.4) is 0 Å². The second-order valence-corrected chi connectivity index (χ2v) is 6.35. The zero-order chi connectivity index (χ0) is 13.7. The maximum Gasteiger partial charge on any atom is 0.307 e. The molecule has 1 saturated carbocycles. The molecule has 2 rings (SSSR count). The van der Waals surface area contributed by atoms with Crippen molar-refractivity contribution in [3.05, 3.63) is 0 Å². The zero-order valence-electron chi connectivity index (χ0n) is 11.6. The Morgan fingerprint density at radius 1 is 1.28 bits per heavy atom. The minimum absolute atomic E-state index is 0.0595. The molecule has 4 nitrogen and oxygen atoms in total. The van der Waals surface area contributed by atoms with Crippen molar-refractivity contribution >= 4 is 11.9 Å². The van der Waals surface area contributed by atoms with Gasteiger partial charge in [-0.2, -0.15) is 0 Å². The van der Waals surface area contributed by atoms with Crippen LogP contribution < -0.4 is 0 Å². The van der Waals surface area contributed by atoms with Crippen LogP contribution in [0.25, 0.3) is 0 Å². The number of carbonyl (C=O) groups is 2. The van der Waals surface area contributed by atoms with E-state index in [2.05, 4.69) is 13.8 Å². The quantitative estimate of drug-likeness (QED) is 0.838. The third-order valence-corrected chi connectivity index (χ3v) is 4.87. The number of nitrogens with zero attached hydrogens (tertiary/aromatic N) is 1. The van der Waals surface area contributed by atoms with Crippen LogP contribution in [-0.4, -0.2) is 34.0 Å². The Morgan fingerprint density at radius 3 is 2.33 bits per heavy atom. The third kappa shape index (κ3) is 1.82. The second kappa shape index (κ2) is 4.25. The smallest absolute Gasteiger partial charge is 0.307 e. The first-order valence-electron chi connectivity index (χ1n) is 6.87. The minimum Gasteiger partial charge on any atom is -0.481 e. The number of carbonyl (C=O) groups excluding carboxylic acids is 1. The van der Waals surface area contributed by atoms with E-state index >= 15 is 0 Å². The molecule has 0 spiro atoms. The first-order valence-corrected chi connectivity index (χ1v) is 6.87. The van der Waals surface area contributed by atoms with Crippen LogP contribution in [0, 0.1) is 17.3 Å². The Balaban J connectivity index is 2.15. The van der Waals surface area contributed by atoms with Crippen LogP contribution in [0.5, 0.6) is 0 Å². The van der Waals surface area contributed by atoms with Gasteiger partial charge < -0.3 is 10.0 Å². The van der Waals surface area contributed by atoms with Gasteiger partial charge in [0.25, 0.3) is 0 Å². The highest BCUT2D eigenvalue weighted by molar-refractivity contribution is 5.92. The minimum atomic E-state index is -0.835. The van der Waals surface area contributed by atoms with Crippen molar-refractivity contribution in [1.82, 2.24) is 4.90 Å². The molecule has 1 saturated heterocycles. The number of carboxylic acids is 1. The van der Waals surface area contributed by atoms with Crippen molar-refractivity contribution in [1.29, 1.82) is 0 Å². The zero-order valence-corrected chi connectivity index (χ0v) is 11.6. The van der Waals surface area contributed by atoms with Crippen molar-refractivity contribution in [2.24, 2.45) is 17.3 Å². The van der Waals surface area contributed by atoms with E-state index in [0.29, 0.717) is 6.04 Å². The molecule has 4 atom stereocenters. The van der Waals surface area contributed by atoms with Gasteiger partial charge in [-0.25, -0.2) is 0 Å². The van der Waals surface area contributed by atoms with Gasteiger partial charge in [-0.05, 0) is 31.6 Å². The van der Waals surface area contributed by atoms with Crippen molar-refractivity contribution in [2.75, 3.05) is 0 Å². The Morgan fingerprint density at radius 2 is 1.89 bits per heavy atom. The van der Waals surface area contributed by atoms with E-state index in [0.717, 1.165) is 19.3 Å². The summed E-state index contributed by atoms with van der Waals surface area (Å²) in [5, 5.41) is 9.17. The van der Waals surface area contributed by atoms with Gasteiger partial charge in [0.2, 0.25) is 5.91 Å². The van der Waals surface area contributed by atoms with Crippen LogP contribution >= 0.6 is 0 Å². The molecule has 4 heteroatoms. The lowest BCUT2D eigenvalue weighted by Crippen LogP contribution is -2.41. The highest BCUT2D eigenvalue weighted by Crippen LogP contribution is 2.59. The average molecular weight is 253 g/mol. The van der Waals surface area contributed by atoms with Crippen LogP contribution in [0.2, 0.25) is 0 Å². The maximum atomic E-state index is 12.6. The Kier molecular flexibility index (Phi) is 3.16. The monoisotopic (exact) mass is 253 g/mol. The molecule has 1 aliphatic heterocycles. The first kappa shape index (κ1) is 13.4. The number of carboxylic acid groups (broad SMARTS) is 1.